The lowest BCUT2D eigenvalue weighted by molar-refractivity contribution is 0.0517. The first kappa shape index (κ1) is 18.6. The van der Waals surface area contributed by atoms with Crippen molar-refractivity contribution in [1.29, 1.82) is 0 Å². The number of hydrogen-bond donors (Lipinski definition) is 1. The van der Waals surface area contributed by atoms with E-state index in [1.165, 1.54) is 12.1 Å². The largest absolute Gasteiger partial charge is 0.462 e. The van der Waals surface area contributed by atoms with Crippen LogP contribution in [-0.2, 0) is 20.8 Å². The Hall–Kier alpha value is -2.41. The number of aliphatic hydroxyl groups is 1. The van der Waals surface area contributed by atoms with Gasteiger partial charge in [0.1, 0.15) is 0 Å². The topological polar surface area (TPSA) is 99.1 Å². The van der Waals surface area contributed by atoms with Crippen molar-refractivity contribution in [3.8, 4) is 0 Å². The number of ether oxygens (including phenoxy) is 3. The van der Waals surface area contributed by atoms with Crippen LogP contribution in [0, 0.1) is 0 Å². The average Bonchev–Trinajstić information content (AvgIpc) is 2.54. The van der Waals surface area contributed by atoms with Crippen molar-refractivity contribution in [3.63, 3.8) is 0 Å². The van der Waals surface area contributed by atoms with Crippen LogP contribution in [-0.4, -0.2) is 42.8 Å². The Morgan fingerprint density at radius 3 is 1.57 bits per heavy atom. The monoisotopic (exact) mass is 324 g/mol. The summed E-state index contributed by atoms with van der Waals surface area (Å²) in [5.74, 6) is -2.17. The summed E-state index contributed by atoms with van der Waals surface area (Å²) in [5.41, 5.74) is -0.0731. The zero-order valence-corrected chi connectivity index (χ0v) is 13.4. The second kappa shape index (κ2) is 8.89. The Bertz CT molecular complexity index is 553. The fourth-order valence-electron chi connectivity index (χ4n) is 1.96. The van der Waals surface area contributed by atoms with E-state index in [0.717, 1.165) is 0 Å². The number of carbonyl (C=O) groups is 3. The van der Waals surface area contributed by atoms with Gasteiger partial charge in [0.2, 0.25) is 0 Å². The third-order valence-corrected chi connectivity index (χ3v) is 2.91. The van der Waals surface area contributed by atoms with E-state index in [-0.39, 0.29) is 42.1 Å². The highest BCUT2D eigenvalue weighted by Crippen LogP contribution is 2.21. The van der Waals surface area contributed by atoms with Gasteiger partial charge in [-0.15, -0.1) is 0 Å². The summed E-state index contributed by atoms with van der Waals surface area (Å²) in [5, 5.41) is 9.53. The van der Waals surface area contributed by atoms with Crippen molar-refractivity contribution >= 4 is 17.9 Å². The molecule has 7 heteroatoms. The average molecular weight is 324 g/mol. The van der Waals surface area contributed by atoms with Gasteiger partial charge in [-0.1, -0.05) is 0 Å². The van der Waals surface area contributed by atoms with E-state index < -0.39 is 24.5 Å². The second-order valence-corrected chi connectivity index (χ2v) is 4.37. The number of esters is 3. The number of carbonyl (C=O) groups excluding carboxylic acids is 3. The van der Waals surface area contributed by atoms with Crippen molar-refractivity contribution in [2.24, 2.45) is 0 Å². The molecule has 0 aliphatic rings. The van der Waals surface area contributed by atoms with Crippen LogP contribution >= 0.6 is 0 Å². The lowest BCUT2D eigenvalue weighted by atomic mass is 9.97. The van der Waals surface area contributed by atoms with Crippen molar-refractivity contribution in [2.45, 2.75) is 27.4 Å². The molecule has 1 aromatic rings. The van der Waals surface area contributed by atoms with Crippen LogP contribution in [0.25, 0.3) is 0 Å². The lowest BCUT2D eigenvalue weighted by Crippen LogP contribution is -2.17. The SMILES string of the molecule is CCOC(=O)c1cc(C(=O)OCC)c(CO)c(C(=O)OCC)c1. The molecule has 0 bridgehead atoms. The van der Waals surface area contributed by atoms with Gasteiger partial charge in [-0.2, -0.15) is 0 Å². The zero-order chi connectivity index (χ0) is 17.4. The van der Waals surface area contributed by atoms with E-state index in [2.05, 4.69) is 0 Å². The number of aliphatic hydroxyl groups excluding tert-OH is 1. The summed E-state index contributed by atoms with van der Waals surface area (Å²) in [6.45, 7) is 4.67. The molecule has 0 radical (unpaired) electrons. The summed E-state index contributed by atoms with van der Waals surface area (Å²) >= 11 is 0. The zero-order valence-electron chi connectivity index (χ0n) is 13.4. The first-order chi connectivity index (χ1) is 11.0. The van der Waals surface area contributed by atoms with Crippen LogP contribution in [0.15, 0.2) is 12.1 Å². The molecule has 0 aliphatic heterocycles. The van der Waals surface area contributed by atoms with Crippen LogP contribution in [0.5, 0.6) is 0 Å². The quantitative estimate of drug-likeness (QED) is 0.602. The van der Waals surface area contributed by atoms with Gasteiger partial charge in [0.25, 0.3) is 0 Å². The van der Waals surface area contributed by atoms with Crippen LogP contribution < -0.4 is 0 Å². The molecule has 0 atom stereocenters. The highest BCUT2D eigenvalue weighted by atomic mass is 16.5. The maximum atomic E-state index is 12.1. The molecule has 126 valence electrons. The summed E-state index contributed by atoms with van der Waals surface area (Å²) < 4.78 is 14.7. The number of hydrogen-bond acceptors (Lipinski definition) is 7. The van der Waals surface area contributed by atoms with Crippen LogP contribution in [0.2, 0.25) is 0 Å². The molecule has 0 saturated carbocycles. The van der Waals surface area contributed by atoms with Gasteiger partial charge in [0.05, 0.1) is 43.1 Å². The predicted molar refractivity (Wildman–Crippen MR) is 80.2 cm³/mol. The molecule has 23 heavy (non-hydrogen) atoms. The normalized spacial score (nSPS) is 10.1. The molecule has 0 unspecified atom stereocenters. The Labute approximate surface area is 134 Å². The van der Waals surface area contributed by atoms with Crippen LogP contribution in [0.4, 0.5) is 0 Å². The molecule has 0 amide bonds. The number of benzene rings is 1. The van der Waals surface area contributed by atoms with Crippen molar-refractivity contribution < 1.29 is 33.7 Å². The molecule has 1 rings (SSSR count). The molecular formula is C16H20O7. The smallest absolute Gasteiger partial charge is 0.338 e. The molecular weight excluding hydrogens is 304 g/mol. The fraction of sp³-hybridized carbons (Fsp3) is 0.438. The fourth-order valence-corrected chi connectivity index (χ4v) is 1.96. The lowest BCUT2D eigenvalue weighted by Gasteiger charge is -2.14. The molecule has 1 N–H and O–H groups in total. The first-order valence-corrected chi connectivity index (χ1v) is 7.29. The minimum atomic E-state index is -0.742. The van der Waals surface area contributed by atoms with Gasteiger partial charge >= 0.3 is 17.9 Å². The minimum Gasteiger partial charge on any atom is -0.462 e. The molecule has 1 aromatic carbocycles. The minimum absolute atomic E-state index is 0.00940. The standard InChI is InChI=1S/C16H20O7/c1-4-21-14(18)10-7-11(15(19)22-5-2)13(9-17)12(8-10)16(20)23-6-3/h7-8,17H,4-6,9H2,1-3H3. The molecule has 0 saturated heterocycles. The highest BCUT2D eigenvalue weighted by molar-refractivity contribution is 6.02. The van der Waals surface area contributed by atoms with Gasteiger partial charge < -0.3 is 19.3 Å². The van der Waals surface area contributed by atoms with E-state index in [9.17, 15) is 19.5 Å². The molecule has 0 aromatic heterocycles. The van der Waals surface area contributed by atoms with Crippen molar-refractivity contribution in [3.05, 3.63) is 34.4 Å². The summed E-state index contributed by atoms with van der Waals surface area (Å²) in [6.07, 6.45) is 0. The molecule has 0 spiro atoms. The molecule has 0 aliphatic carbocycles. The summed E-state index contributed by atoms with van der Waals surface area (Å²) in [4.78, 5) is 36.0. The van der Waals surface area contributed by atoms with E-state index in [0.29, 0.717) is 0 Å². The third kappa shape index (κ3) is 4.53. The Morgan fingerprint density at radius 2 is 1.22 bits per heavy atom. The molecule has 0 fully saturated rings. The van der Waals surface area contributed by atoms with Crippen LogP contribution in [0.1, 0.15) is 57.4 Å². The van der Waals surface area contributed by atoms with E-state index in [1.807, 2.05) is 0 Å². The maximum absolute atomic E-state index is 12.1. The Morgan fingerprint density at radius 1 is 0.826 bits per heavy atom. The second-order valence-electron chi connectivity index (χ2n) is 4.37. The Balaban J connectivity index is 3.49. The van der Waals surface area contributed by atoms with E-state index >= 15 is 0 Å². The van der Waals surface area contributed by atoms with Gasteiger partial charge in [-0.05, 0) is 32.9 Å². The number of rotatable bonds is 7. The van der Waals surface area contributed by atoms with E-state index in [4.69, 9.17) is 14.2 Å². The van der Waals surface area contributed by atoms with E-state index in [1.54, 1.807) is 20.8 Å². The maximum Gasteiger partial charge on any atom is 0.338 e. The third-order valence-electron chi connectivity index (χ3n) is 2.91. The van der Waals surface area contributed by atoms with Crippen molar-refractivity contribution in [1.82, 2.24) is 0 Å². The molecule has 7 nitrogen and oxygen atoms in total. The predicted octanol–water partition coefficient (Wildman–Crippen LogP) is 1.71. The first-order valence-electron chi connectivity index (χ1n) is 7.29. The highest BCUT2D eigenvalue weighted by Gasteiger charge is 2.24. The Kier molecular flexibility index (Phi) is 7.21. The van der Waals surface area contributed by atoms with Crippen molar-refractivity contribution in [2.75, 3.05) is 19.8 Å². The van der Waals surface area contributed by atoms with Gasteiger partial charge in [0.15, 0.2) is 0 Å². The molecule has 0 heterocycles. The van der Waals surface area contributed by atoms with Gasteiger partial charge in [0, 0.05) is 5.56 Å². The van der Waals surface area contributed by atoms with Gasteiger partial charge in [-0.25, -0.2) is 14.4 Å². The summed E-state index contributed by atoms with van der Waals surface area (Å²) in [6, 6.07) is 2.48. The van der Waals surface area contributed by atoms with Gasteiger partial charge in [-0.3, -0.25) is 0 Å². The van der Waals surface area contributed by atoms with Crippen LogP contribution in [0.3, 0.4) is 0 Å². The summed E-state index contributed by atoms with van der Waals surface area (Å²) in [7, 11) is 0.